The number of nitrogens with zero attached hydrogens (tertiary/aromatic N) is 4. The van der Waals surface area contributed by atoms with Crippen LogP contribution in [0.1, 0.15) is 31.2 Å². The molecule has 0 saturated heterocycles. The number of nitrogens with one attached hydrogen (secondary N) is 1. The van der Waals surface area contributed by atoms with E-state index in [-0.39, 0.29) is 17.2 Å². The van der Waals surface area contributed by atoms with Crippen LogP contribution >= 0.6 is 0 Å². The monoisotopic (exact) mass is 422 g/mol. The number of pyridine rings is 1. The minimum Gasteiger partial charge on any atom is -0.382 e. The lowest BCUT2D eigenvalue weighted by molar-refractivity contribution is -0.137. The highest BCUT2D eigenvalue weighted by atomic mass is 19.4. The lowest BCUT2D eigenvalue weighted by Gasteiger charge is -2.16. The summed E-state index contributed by atoms with van der Waals surface area (Å²) < 4.78 is 41.4. The first-order chi connectivity index (χ1) is 14.2. The van der Waals surface area contributed by atoms with Gasteiger partial charge in [0.1, 0.15) is 11.3 Å². The van der Waals surface area contributed by atoms with Gasteiger partial charge in [-0.3, -0.25) is 9.69 Å². The Kier molecular flexibility index (Phi) is 6.16. The number of aryl methyl sites for hydroxylation is 1. The average molecular weight is 422 g/mol. The smallest absolute Gasteiger partial charge is 0.382 e. The summed E-state index contributed by atoms with van der Waals surface area (Å²) in [5.74, 6) is 0.738. The molecule has 2 aromatic heterocycles. The first-order valence-electron chi connectivity index (χ1n) is 9.70. The molecule has 3 N–H and O–H groups in total. The maximum absolute atomic E-state index is 13.2. The Morgan fingerprint density at radius 3 is 2.67 bits per heavy atom. The Hall–Kier alpha value is -2.88. The van der Waals surface area contributed by atoms with Crippen molar-refractivity contribution in [3.05, 3.63) is 29.6 Å². The molecule has 3 aromatic rings. The summed E-state index contributed by atoms with van der Waals surface area (Å²) in [6.07, 6.45) is -3.59. The standard InChI is InChI=1S/C20H25F3N6O/c1-4-28(3)11-15-27-17-18(29(15)9-5-6-16(30)25-2)13-8-7-12(20(21,22)23)10-14(13)26-19(17)24/h7-8,10H,4-6,9,11H2,1-3H3,(H2,24,26)(H,25,30). The number of carbonyl (C=O) groups is 1. The molecule has 3 rings (SSSR count). The van der Waals surface area contributed by atoms with Crippen LogP contribution in [0.3, 0.4) is 0 Å². The van der Waals surface area contributed by atoms with Crippen LogP contribution in [0.2, 0.25) is 0 Å². The van der Waals surface area contributed by atoms with Crippen molar-refractivity contribution < 1.29 is 18.0 Å². The van der Waals surface area contributed by atoms with Crippen molar-refractivity contribution >= 4 is 33.7 Å². The number of halogens is 3. The molecule has 0 bridgehead atoms. The van der Waals surface area contributed by atoms with Crippen LogP contribution in [0.5, 0.6) is 0 Å². The van der Waals surface area contributed by atoms with Crippen LogP contribution in [-0.2, 0) is 24.1 Å². The van der Waals surface area contributed by atoms with Crippen LogP contribution in [0, 0.1) is 0 Å². The van der Waals surface area contributed by atoms with Gasteiger partial charge in [-0.25, -0.2) is 9.97 Å². The van der Waals surface area contributed by atoms with Crippen molar-refractivity contribution in [2.45, 2.75) is 39.0 Å². The number of hydrogen-bond acceptors (Lipinski definition) is 5. The normalized spacial score (nSPS) is 12.2. The third kappa shape index (κ3) is 4.33. The molecule has 30 heavy (non-hydrogen) atoms. The topological polar surface area (TPSA) is 89.1 Å². The molecular formula is C20H25F3N6O. The Morgan fingerprint density at radius 1 is 1.30 bits per heavy atom. The molecule has 1 amide bonds. The summed E-state index contributed by atoms with van der Waals surface area (Å²) in [5.41, 5.74) is 6.57. The SMILES string of the molecule is CCN(C)Cc1nc2c(N)nc3cc(C(F)(F)F)ccc3c2n1CCCC(=O)NC. The molecule has 0 unspecified atom stereocenters. The number of benzene rings is 1. The van der Waals surface area contributed by atoms with E-state index in [1.165, 1.54) is 6.07 Å². The van der Waals surface area contributed by atoms with Crippen LogP contribution < -0.4 is 11.1 Å². The van der Waals surface area contributed by atoms with E-state index >= 15 is 0 Å². The first kappa shape index (κ1) is 21.8. The third-order valence-electron chi connectivity index (χ3n) is 5.13. The van der Waals surface area contributed by atoms with Gasteiger partial charge in [-0.05, 0) is 32.1 Å². The van der Waals surface area contributed by atoms with Crippen molar-refractivity contribution in [3.8, 4) is 0 Å². The third-order valence-corrected chi connectivity index (χ3v) is 5.13. The summed E-state index contributed by atoms with van der Waals surface area (Å²) in [7, 11) is 3.53. The molecule has 0 fully saturated rings. The Morgan fingerprint density at radius 2 is 2.03 bits per heavy atom. The maximum Gasteiger partial charge on any atom is 0.416 e. The second-order valence-corrected chi connectivity index (χ2v) is 7.21. The van der Waals surface area contributed by atoms with Gasteiger partial charge in [-0.2, -0.15) is 13.2 Å². The number of imidazole rings is 1. The van der Waals surface area contributed by atoms with E-state index in [1.807, 2.05) is 18.5 Å². The zero-order valence-electron chi connectivity index (χ0n) is 17.2. The summed E-state index contributed by atoms with van der Waals surface area (Å²) in [6.45, 7) is 3.83. The van der Waals surface area contributed by atoms with Gasteiger partial charge >= 0.3 is 6.18 Å². The van der Waals surface area contributed by atoms with E-state index in [1.54, 1.807) is 7.05 Å². The lowest BCUT2D eigenvalue weighted by Crippen LogP contribution is -2.21. The summed E-state index contributed by atoms with van der Waals surface area (Å²) in [4.78, 5) is 22.5. The molecule has 0 aliphatic heterocycles. The average Bonchev–Trinajstić information content (AvgIpc) is 3.05. The van der Waals surface area contributed by atoms with Gasteiger partial charge in [-0.15, -0.1) is 0 Å². The van der Waals surface area contributed by atoms with E-state index in [0.29, 0.717) is 42.4 Å². The highest BCUT2D eigenvalue weighted by Gasteiger charge is 2.31. The molecule has 0 aliphatic rings. The number of alkyl halides is 3. The molecule has 1 aromatic carbocycles. The Labute approximate surface area is 172 Å². The van der Waals surface area contributed by atoms with E-state index in [9.17, 15) is 18.0 Å². The fourth-order valence-electron chi connectivity index (χ4n) is 3.37. The second-order valence-electron chi connectivity index (χ2n) is 7.21. The van der Waals surface area contributed by atoms with Gasteiger partial charge in [0.25, 0.3) is 0 Å². The van der Waals surface area contributed by atoms with E-state index in [0.717, 1.165) is 24.5 Å². The summed E-state index contributed by atoms with van der Waals surface area (Å²) in [6, 6.07) is 3.46. The van der Waals surface area contributed by atoms with Crippen molar-refractivity contribution in [2.75, 3.05) is 26.4 Å². The van der Waals surface area contributed by atoms with Gasteiger partial charge in [-0.1, -0.05) is 13.0 Å². The van der Waals surface area contributed by atoms with E-state index < -0.39 is 11.7 Å². The van der Waals surface area contributed by atoms with Crippen molar-refractivity contribution in [3.63, 3.8) is 0 Å². The predicted molar refractivity (Wildman–Crippen MR) is 110 cm³/mol. The molecule has 2 heterocycles. The van der Waals surface area contributed by atoms with Crippen molar-refractivity contribution in [1.29, 1.82) is 0 Å². The number of fused-ring (bicyclic) bond motifs is 3. The number of nitrogen functional groups attached to an aromatic ring is 1. The van der Waals surface area contributed by atoms with Gasteiger partial charge in [0.2, 0.25) is 5.91 Å². The number of anilines is 1. The number of rotatable bonds is 7. The number of amides is 1. The van der Waals surface area contributed by atoms with Crippen LogP contribution in [0.25, 0.3) is 21.9 Å². The first-order valence-corrected chi connectivity index (χ1v) is 9.70. The molecular weight excluding hydrogens is 397 g/mol. The fraction of sp³-hybridized carbons (Fsp3) is 0.450. The number of nitrogens with two attached hydrogens (primary N) is 1. The molecule has 0 saturated carbocycles. The lowest BCUT2D eigenvalue weighted by atomic mass is 10.1. The molecule has 0 spiro atoms. The summed E-state index contributed by atoms with van der Waals surface area (Å²) >= 11 is 0. The van der Waals surface area contributed by atoms with Gasteiger partial charge in [0.05, 0.1) is 23.1 Å². The Balaban J connectivity index is 2.18. The fourth-order valence-corrected chi connectivity index (χ4v) is 3.37. The molecule has 162 valence electrons. The van der Waals surface area contributed by atoms with Gasteiger partial charge < -0.3 is 15.6 Å². The van der Waals surface area contributed by atoms with Crippen LogP contribution in [0.15, 0.2) is 18.2 Å². The molecule has 10 heteroatoms. The van der Waals surface area contributed by atoms with Gasteiger partial charge in [0.15, 0.2) is 5.82 Å². The summed E-state index contributed by atoms with van der Waals surface area (Å²) in [5, 5.41) is 3.14. The minimum absolute atomic E-state index is 0.0764. The highest BCUT2D eigenvalue weighted by Crippen LogP contribution is 2.34. The van der Waals surface area contributed by atoms with E-state index in [2.05, 4.69) is 20.2 Å². The number of aromatic nitrogens is 3. The number of carbonyl (C=O) groups excluding carboxylic acids is 1. The molecule has 0 aliphatic carbocycles. The van der Waals surface area contributed by atoms with E-state index in [4.69, 9.17) is 5.73 Å². The molecule has 0 radical (unpaired) electrons. The minimum atomic E-state index is -4.47. The largest absolute Gasteiger partial charge is 0.416 e. The number of hydrogen-bond donors (Lipinski definition) is 2. The Bertz CT molecular complexity index is 1080. The van der Waals surface area contributed by atoms with Gasteiger partial charge in [0, 0.05) is 25.4 Å². The zero-order chi connectivity index (χ0) is 22.1. The quantitative estimate of drug-likeness (QED) is 0.611. The van der Waals surface area contributed by atoms with Crippen molar-refractivity contribution in [1.82, 2.24) is 24.8 Å². The molecule has 0 atom stereocenters. The maximum atomic E-state index is 13.2. The second kappa shape index (κ2) is 8.47. The predicted octanol–water partition coefficient (Wildman–Crippen LogP) is 3.16. The molecule has 7 nitrogen and oxygen atoms in total. The van der Waals surface area contributed by atoms with Crippen molar-refractivity contribution in [2.24, 2.45) is 0 Å². The highest BCUT2D eigenvalue weighted by molar-refractivity contribution is 6.06. The van der Waals surface area contributed by atoms with Crippen LogP contribution in [-0.4, -0.2) is 46.0 Å². The zero-order valence-corrected chi connectivity index (χ0v) is 17.2. The van der Waals surface area contributed by atoms with Crippen LogP contribution in [0.4, 0.5) is 19.0 Å².